The number of rotatable bonds is 4. The van der Waals surface area contributed by atoms with Crippen LogP contribution >= 0.6 is 11.8 Å². The molecule has 110 valence electrons. The van der Waals surface area contributed by atoms with E-state index in [1.807, 2.05) is 11.8 Å². The lowest BCUT2D eigenvalue weighted by Gasteiger charge is -2.30. The maximum Gasteiger partial charge on any atom is 0.119 e. The van der Waals surface area contributed by atoms with Crippen LogP contribution in [-0.4, -0.2) is 36.4 Å². The summed E-state index contributed by atoms with van der Waals surface area (Å²) in [7, 11) is 1.76. The summed E-state index contributed by atoms with van der Waals surface area (Å²) in [6, 6.07) is 8.03. The van der Waals surface area contributed by atoms with Gasteiger partial charge in [-0.2, -0.15) is 0 Å². The highest BCUT2D eigenvalue weighted by Crippen LogP contribution is 2.44. The van der Waals surface area contributed by atoms with Gasteiger partial charge in [-0.25, -0.2) is 0 Å². The maximum atomic E-state index is 5.40. The maximum absolute atomic E-state index is 5.40. The van der Waals surface area contributed by atoms with Crippen LogP contribution < -0.4 is 4.74 Å². The van der Waals surface area contributed by atoms with Gasteiger partial charge in [0.15, 0.2) is 0 Å². The van der Waals surface area contributed by atoms with Crippen LogP contribution in [0.3, 0.4) is 0 Å². The number of likely N-dealkylation sites (tertiary alicyclic amines) is 1. The zero-order valence-corrected chi connectivity index (χ0v) is 13.6. The quantitative estimate of drug-likeness (QED) is 0.827. The molecule has 0 unspecified atom stereocenters. The molecule has 0 saturated carbocycles. The number of nitrogens with zero attached hydrogens (tertiary/aromatic N) is 1. The summed E-state index contributed by atoms with van der Waals surface area (Å²) in [5.41, 5.74) is 1.52. The first-order valence-corrected chi connectivity index (χ1v) is 8.74. The Bertz CT molecular complexity index is 474. The fraction of sp³-hybridized carbons (Fsp3) is 0.647. The molecule has 2 aliphatic rings. The molecule has 0 aromatic heterocycles. The molecule has 0 amide bonds. The lowest BCUT2D eigenvalue weighted by atomic mass is 9.92. The second-order valence-corrected chi connectivity index (χ2v) is 7.34. The molecule has 20 heavy (non-hydrogen) atoms. The summed E-state index contributed by atoms with van der Waals surface area (Å²) in [5.74, 6) is 2.95. The van der Waals surface area contributed by atoms with Crippen LogP contribution in [0.5, 0.6) is 5.75 Å². The number of ether oxygens (including phenoxy) is 1. The fourth-order valence-electron chi connectivity index (χ4n) is 3.70. The molecule has 1 fully saturated rings. The van der Waals surface area contributed by atoms with Gasteiger partial charge in [0, 0.05) is 22.7 Å². The van der Waals surface area contributed by atoms with E-state index in [1.54, 1.807) is 7.11 Å². The number of hydrogen-bond acceptors (Lipinski definition) is 3. The van der Waals surface area contributed by atoms with Crippen LogP contribution in [0.15, 0.2) is 23.1 Å². The monoisotopic (exact) mass is 291 g/mol. The Kier molecular flexibility index (Phi) is 4.27. The highest BCUT2D eigenvalue weighted by molar-refractivity contribution is 7.99. The third-order valence-corrected chi connectivity index (χ3v) is 5.99. The first-order chi connectivity index (χ1) is 9.69. The van der Waals surface area contributed by atoms with Crippen molar-refractivity contribution in [2.45, 2.75) is 56.0 Å². The van der Waals surface area contributed by atoms with Gasteiger partial charge in [-0.05, 0) is 69.3 Å². The Labute approximate surface area is 126 Å². The third-order valence-electron chi connectivity index (χ3n) is 4.74. The van der Waals surface area contributed by atoms with Gasteiger partial charge in [0.2, 0.25) is 0 Å². The highest BCUT2D eigenvalue weighted by Gasteiger charge is 2.32. The standard InChI is InChI=1S/C17H25NOS/c1-12(2)18-8-4-5-14(18)9-13-11-20-17-7-6-15(19-3)10-16(13)17/h6-7,10,12-14H,4-5,8-9,11H2,1-3H3/t13-,14-/m1/s1. The van der Waals surface area contributed by atoms with Crippen LogP contribution in [0.1, 0.15) is 44.6 Å². The molecule has 1 aromatic rings. The van der Waals surface area contributed by atoms with Gasteiger partial charge in [-0.15, -0.1) is 11.8 Å². The molecule has 0 aliphatic carbocycles. The van der Waals surface area contributed by atoms with Gasteiger partial charge in [-0.1, -0.05) is 0 Å². The fourth-order valence-corrected chi connectivity index (χ4v) is 4.95. The molecule has 0 radical (unpaired) electrons. The van der Waals surface area contributed by atoms with E-state index in [1.165, 1.54) is 42.0 Å². The summed E-state index contributed by atoms with van der Waals surface area (Å²) >= 11 is 2.01. The van der Waals surface area contributed by atoms with Crippen molar-refractivity contribution in [3.63, 3.8) is 0 Å². The SMILES string of the molecule is COc1ccc2c(c1)[C@H](C[C@H]1CCCN1C(C)C)CS2. The molecule has 1 saturated heterocycles. The molecule has 3 rings (SSSR count). The highest BCUT2D eigenvalue weighted by atomic mass is 32.2. The van der Waals surface area contributed by atoms with E-state index in [4.69, 9.17) is 4.74 Å². The van der Waals surface area contributed by atoms with E-state index < -0.39 is 0 Å². The van der Waals surface area contributed by atoms with E-state index in [0.29, 0.717) is 12.0 Å². The van der Waals surface area contributed by atoms with Gasteiger partial charge < -0.3 is 4.74 Å². The van der Waals surface area contributed by atoms with E-state index in [0.717, 1.165) is 11.8 Å². The minimum Gasteiger partial charge on any atom is -0.497 e. The van der Waals surface area contributed by atoms with Crippen molar-refractivity contribution >= 4 is 11.8 Å². The number of methoxy groups -OCH3 is 1. The van der Waals surface area contributed by atoms with Crippen LogP contribution in [-0.2, 0) is 0 Å². The lowest BCUT2D eigenvalue weighted by Crippen LogP contribution is -2.36. The predicted molar refractivity (Wildman–Crippen MR) is 85.9 cm³/mol. The van der Waals surface area contributed by atoms with Gasteiger partial charge in [-0.3, -0.25) is 4.90 Å². The molecule has 2 heterocycles. The summed E-state index contributed by atoms with van der Waals surface area (Å²) in [6.45, 7) is 5.95. The smallest absolute Gasteiger partial charge is 0.119 e. The van der Waals surface area contributed by atoms with Crippen molar-refractivity contribution in [3.05, 3.63) is 23.8 Å². The normalized spacial score (nSPS) is 26.2. The van der Waals surface area contributed by atoms with E-state index in [-0.39, 0.29) is 0 Å². The average Bonchev–Trinajstić information content (AvgIpc) is 3.06. The van der Waals surface area contributed by atoms with Crippen LogP contribution in [0.25, 0.3) is 0 Å². The minimum atomic E-state index is 0.682. The van der Waals surface area contributed by atoms with Gasteiger partial charge in [0.25, 0.3) is 0 Å². The second kappa shape index (κ2) is 5.98. The molecule has 1 aromatic carbocycles. The topological polar surface area (TPSA) is 12.5 Å². The summed E-state index contributed by atoms with van der Waals surface area (Å²) in [5, 5.41) is 0. The minimum absolute atomic E-state index is 0.682. The zero-order chi connectivity index (χ0) is 14.1. The number of fused-ring (bicyclic) bond motifs is 1. The van der Waals surface area contributed by atoms with Crippen molar-refractivity contribution in [2.24, 2.45) is 0 Å². The first kappa shape index (κ1) is 14.3. The van der Waals surface area contributed by atoms with E-state index in [9.17, 15) is 0 Å². The molecular weight excluding hydrogens is 266 g/mol. The molecule has 2 atom stereocenters. The Morgan fingerprint density at radius 2 is 2.25 bits per heavy atom. The van der Waals surface area contributed by atoms with E-state index in [2.05, 4.69) is 36.9 Å². The second-order valence-electron chi connectivity index (χ2n) is 6.28. The molecule has 0 spiro atoms. The molecule has 0 N–H and O–H groups in total. The first-order valence-electron chi connectivity index (χ1n) is 7.75. The number of thioether (sulfide) groups is 1. The van der Waals surface area contributed by atoms with E-state index >= 15 is 0 Å². The van der Waals surface area contributed by atoms with Crippen molar-refractivity contribution in [1.29, 1.82) is 0 Å². The molecule has 2 aliphatic heterocycles. The van der Waals surface area contributed by atoms with Crippen molar-refractivity contribution in [3.8, 4) is 5.75 Å². The molecule has 0 bridgehead atoms. The Morgan fingerprint density at radius 3 is 3.00 bits per heavy atom. The van der Waals surface area contributed by atoms with Crippen LogP contribution in [0.4, 0.5) is 0 Å². The summed E-state index contributed by atoms with van der Waals surface area (Å²) in [6.07, 6.45) is 4.05. The summed E-state index contributed by atoms with van der Waals surface area (Å²) in [4.78, 5) is 4.16. The van der Waals surface area contributed by atoms with Crippen molar-refractivity contribution in [2.75, 3.05) is 19.4 Å². The van der Waals surface area contributed by atoms with Gasteiger partial charge in [0.1, 0.15) is 5.75 Å². The Hall–Kier alpha value is -0.670. The Balaban J connectivity index is 1.74. The van der Waals surface area contributed by atoms with Crippen LogP contribution in [0, 0.1) is 0 Å². The molecule has 3 heteroatoms. The Morgan fingerprint density at radius 1 is 1.40 bits per heavy atom. The lowest BCUT2D eigenvalue weighted by molar-refractivity contribution is 0.190. The summed E-state index contributed by atoms with van der Waals surface area (Å²) < 4.78 is 5.40. The van der Waals surface area contributed by atoms with Crippen LogP contribution in [0.2, 0.25) is 0 Å². The third kappa shape index (κ3) is 2.71. The number of hydrogen-bond donors (Lipinski definition) is 0. The molecular formula is C17H25NOS. The van der Waals surface area contributed by atoms with Crippen molar-refractivity contribution in [1.82, 2.24) is 4.90 Å². The molecule has 2 nitrogen and oxygen atoms in total. The van der Waals surface area contributed by atoms with Gasteiger partial charge in [0.05, 0.1) is 7.11 Å². The largest absolute Gasteiger partial charge is 0.497 e. The van der Waals surface area contributed by atoms with Gasteiger partial charge >= 0.3 is 0 Å². The zero-order valence-electron chi connectivity index (χ0n) is 12.8. The number of benzene rings is 1. The van der Waals surface area contributed by atoms with Crippen molar-refractivity contribution < 1.29 is 4.74 Å². The average molecular weight is 291 g/mol. The predicted octanol–water partition coefficient (Wildman–Crippen LogP) is 4.15.